The van der Waals surface area contributed by atoms with Crippen LogP contribution in [-0.2, 0) is 22.3 Å². The second-order valence-corrected chi connectivity index (χ2v) is 15.5. The van der Waals surface area contributed by atoms with Crippen LogP contribution in [0.5, 0.6) is 46.3 Å². The molecule has 2 aromatic heterocycles. The summed E-state index contributed by atoms with van der Waals surface area (Å²) < 4.78 is 46.2. The lowest BCUT2D eigenvalue weighted by Crippen LogP contribution is -2.28. The second kappa shape index (κ2) is 17.9. The van der Waals surface area contributed by atoms with E-state index in [1.165, 1.54) is 46.1 Å². The monoisotopic (exact) mass is 843 g/mol. The standard InChI is InChI=1S/C26H27N3O5.C21H19ClN2O3/c1-16-3-4-17-5-6-18(9-19(16)17)34-26-20-10-22(30-2)23(11-21(20)27-14-28-26)31-8-7-29-12-24-25(13-29)33-15-32-24;1-13-3-4-14-5-6-15(9-16(13)14)27-21-17-10-19(25-2)20(26-8-7-22)11-18(17)23-12-24-21/h3,5-6,9-11,14,24-25H,4,7-8,12-13,15H2,1-2H3;3,5-6,9-12H,4,7-8H2,1-2H3. The average Bonchev–Trinajstić information content (AvgIpc) is 4.07. The Balaban J connectivity index is 0.000000161. The number of alkyl halides is 1. The first kappa shape index (κ1) is 40.4. The van der Waals surface area contributed by atoms with E-state index < -0.39 is 0 Å². The molecular weight excluding hydrogens is 798 g/mol. The van der Waals surface area contributed by atoms with Gasteiger partial charge >= 0.3 is 0 Å². The third-order valence-corrected chi connectivity index (χ3v) is 11.5. The Morgan fingerprint density at radius 1 is 0.639 bits per heavy atom. The highest BCUT2D eigenvalue weighted by molar-refractivity contribution is 6.18. The fourth-order valence-electron chi connectivity index (χ4n) is 8.05. The number of likely N-dealkylation sites (tertiary alicyclic amines) is 1. The largest absolute Gasteiger partial charge is 0.493 e. The molecule has 14 heteroatoms. The van der Waals surface area contributed by atoms with E-state index in [0.29, 0.717) is 66.2 Å². The summed E-state index contributed by atoms with van der Waals surface area (Å²) in [4.78, 5) is 19.8. The van der Waals surface area contributed by atoms with Gasteiger partial charge in [0.05, 0.1) is 41.9 Å². The van der Waals surface area contributed by atoms with E-state index in [0.717, 1.165) is 60.3 Å². The number of halogens is 1. The number of aromatic nitrogens is 4. The number of fused-ring (bicyclic) bond motifs is 5. The van der Waals surface area contributed by atoms with Crippen molar-refractivity contribution in [3.05, 3.63) is 108 Å². The number of rotatable bonds is 13. The highest BCUT2D eigenvalue weighted by Crippen LogP contribution is 2.39. The van der Waals surface area contributed by atoms with Crippen LogP contribution < -0.4 is 28.4 Å². The number of methoxy groups -OCH3 is 2. The summed E-state index contributed by atoms with van der Waals surface area (Å²) in [6, 6.07) is 19.7. The van der Waals surface area contributed by atoms with E-state index in [1.807, 2.05) is 36.4 Å². The fourth-order valence-corrected chi connectivity index (χ4v) is 8.13. The van der Waals surface area contributed by atoms with Gasteiger partial charge in [-0.3, -0.25) is 4.90 Å². The van der Waals surface area contributed by atoms with Crippen LogP contribution in [0.15, 0.2) is 85.5 Å². The lowest BCUT2D eigenvalue weighted by Gasteiger charge is -2.18. The molecule has 6 aromatic rings. The number of hydrogen-bond donors (Lipinski definition) is 0. The van der Waals surface area contributed by atoms with E-state index in [1.54, 1.807) is 14.2 Å². The molecule has 61 heavy (non-hydrogen) atoms. The molecule has 0 amide bonds. The van der Waals surface area contributed by atoms with Gasteiger partial charge in [0.25, 0.3) is 0 Å². The molecule has 13 nitrogen and oxygen atoms in total. The normalized spacial score (nSPS) is 17.5. The minimum atomic E-state index is 0.177. The summed E-state index contributed by atoms with van der Waals surface area (Å²) in [5, 5.41) is 1.52. The van der Waals surface area contributed by atoms with Gasteiger partial charge in [-0.25, -0.2) is 19.9 Å². The maximum absolute atomic E-state index is 6.18. The zero-order chi connectivity index (χ0) is 41.9. The second-order valence-electron chi connectivity index (χ2n) is 15.1. The van der Waals surface area contributed by atoms with Crippen LogP contribution >= 0.6 is 11.6 Å². The first-order valence-corrected chi connectivity index (χ1v) is 20.8. The molecule has 0 bridgehead atoms. The summed E-state index contributed by atoms with van der Waals surface area (Å²) in [5.41, 5.74) is 9.06. The Morgan fingerprint density at radius 3 is 1.64 bits per heavy atom. The molecule has 2 unspecified atom stereocenters. The van der Waals surface area contributed by atoms with Crippen LogP contribution in [0.25, 0.3) is 33.0 Å². The molecule has 2 atom stereocenters. The first-order valence-electron chi connectivity index (χ1n) is 20.3. The van der Waals surface area contributed by atoms with Gasteiger partial charge in [0.2, 0.25) is 11.8 Å². The molecule has 0 saturated carbocycles. The molecule has 4 heterocycles. The molecule has 4 aromatic carbocycles. The molecular formula is C47H46ClN5O8. The van der Waals surface area contributed by atoms with Crippen molar-refractivity contribution >= 4 is 44.6 Å². The van der Waals surface area contributed by atoms with E-state index in [4.69, 9.17) is 49.5 Å². The van der Waals surface area contributed by atoms with Crippen LogP contribution in [0, 0.1) is 0 Å². The van der Waals surface area contributed by atoms with Crippen molar-refractivity contribution in [1.82, 2.24) is 24.8 Å². The van der Waals surface area contributed by atoms with E-state index in [2.05, 4.69) is 75.1 Å². The van der Waals surface area contributed by atoms with Gasteiger partial charge in [-0.1, -0.05) is 24.3 Å². The van der Waals surface area contributed by atoms with Crippen LogP contribution in [0.2, 0.25) is 0 Å². The number of allylic oxidation sites excluding steroid dienone is 4. The maximum atomic E-state index is 6.18. The average molecular weight is 844 g/mol. The lowest BCUT2D eigenvalue weighted by molar-refractivity contribution is 0.0140. The minimum absolute atomic E-state index is 0.177. The third kappa shape index (κ3) is 8.64. The Labute approximate surface area is 358 Å². The predicted octanol–water partition coefficient (Wildman–Crippen LogP) is 8.83. The highest BCUT2D eigenvalue weighted by atomic mass is 35.5. The number of hydrogen-bond acceptors (Lipinski definition) is 13. The number of benzene rings is 4. The SMILES string of the molecule is COc1cc2c(Oc3ccc4c(c3)C(C)=CC4)ncnc2cc1OCCCl.COc1cc2c(Oc3ccc4c(c3)C(C)=CC4)ncnc2cc1OCCN1CC2OCOC2C1. The summed E-state index contributed by atoms with van der Waals surface area (Å²) >= 11 is 5.72. The molecule has 0 N–H and O–H groups in total. The van der Waals surface area contributed by atoms with Crippen molar-refractivity contribution in [2.45, 2.75) is 38.9 Å². The molecule has 2 saturated heterocycles. The Morgan fingerprint density at radius 2 is 1.15 bits per heavy atom. The summed E-state index contributed by atoms with van der Waals surface area (Å²) in [7, 11) is 3.22. The Bertz CT molecular complexity index is 2640. The third-order valence-electron chi connectivity index (χ3n) is 11.3. The summed E-state index contributed by atoms with van der Waals surface area (Å²) in [5.74, 6) is 5.27. The number of ether oxygens (including phenoxy) is 8. The minimum Gasteiger partial charge on any atom is -0.493 e. The van der Waals surface area contributed by atoms with Crippen molar-refractivity contribution in [3.8, 4) is 46.3 Å². The van der Waals surface area contributed by atoms with Gasteiger partial charge in [-0.2, -0.15) is 0 Å². The van der Waals surface area contributed by atoms with Gasteiger partial charge in [0.15, 0.2) is 23.0 Å². The van der Waals surface area contributed by atoms with Crippen molar-refractivity contribution in [3.63, 3.8) is 0 Å². The molecule has 0 spiro atoms. The van der Waals surface area contributed by atoms with Crippen molar-refractivity contribution in [1.29, 1.82) is 0 Å². The van der Waals surface area contributed by atoms with Crippen molar-refractivity contribution < 1.29 is 37.9 Å². The lowest BCUT2D eigenvalue weighted by atomic mass is 10.1. The van der Waals surface area contributed by atoms with Crippen LogP contribution in [0.4, 0.5) is 0 Å². The van der Waals surface area contributed by atoms with E-state index in [9.17, 15) is 0 Å². The fraction of sp³-hybridized carbons (Fsp3) is 0.319. The van der Waals surface area contributed by atoms with Crippen LogP contribution in [0.3, 0.4) is 0 Å². The zero-order valence-electron chi connectivity index (χ0n) is 34.5. The molecule has 2 aliphatic carbocycles. The molecule has 314 valence electrons. The van der Waals surface area contributed by atoms with Gasteiger partial charge in [0.1, 0.15) is 56.4 Å². The van der Waals surface area contributed by atoms with Crippen LogP contribution in [0.1, 0.15) is 36.1 Å². The molecule has 2 aliphatic heterocycles. The van der Waals surface area contributed by atoms with E-state index >= 15 is 0 Å². The van der Waals surface area contributed by atoms with Crippen molar-refractivity contribution in [2.24, 2.45) is 0 Å². The topological polar surface area (TPSA) is 129 Å². The smallest absolute Gasteiger partial charge is 0.230 e. The quantitative estimate of drug-likeness (QED) is 0.103. The first-order chi connectivity index (χ1) is 29.9. The molecule has 2 fully saturated rings. The predicted molar refractivity (Wildman–Crippen MR) is 233 cm³/mol. The van der Waals surface area contributed by atoms with E-state index in [-0.39, 0.29) is 12.2 Å². The molecule has 10 rings (SSSR count). The van der Waals surface area contributed by atoms with Gasteiger partial charge in [-0.05, 0) is 96.5 Å². The summed E-state index contributed by atoms with van der Waals surface area (Å²) in [6.07, 6.45) is 9.74. The maximum Gasteiger partial charge on any atom is 0.230 e. The summed E-state index contributed by atoms with van der Waals surface area (Å²) in [6.45, 7) is 8.08. The Kier molecular flexibility index (Phi) is 11.9. The zero-order valence-corrected chi connectivity index (χ0v) is 35.2. The molecule has 4 aliphatic rings. The number of nitrogens with zero attached hydrogens (tertiary/aromatic N) is 5. The van der Waals surface area contributed by atoms with Gasteiger partial charge in [0, 0.05) is 31.8 Å². The molecule has 0 radical (unpaired) electrons. The van der Waals surface area contributed by atoms with Crippen LogP contribution in [-0.4, -0.2) is 96.8 Å². The van der Waals surface area contributed by atoms with Gasteiger partial charge < -0.3 is 37.9 Å². The van der Waals surface area contributed by atoms with Crippen molar-refractivity contribution in [2.75, 3.05) is 59.7 Å². The van der Waals surface area contributed by atoms with Gasteiger partial charge in [-0.15, -0.1) is 11.6 Å². The highest BCUT2D eigenvalue weighted by Gasteiger charge is 2.38. The Hall–Kier alpha value is -5.99.